The zero-order valence-corrected chi connectivity index (χ0v) is 9.38. The number of nitrogens with one attached hydrogen (secondary N) is 1. The highest BCUT2D eigenvalue weighted by Crippen LogP contribution is 2.37. The Morgan fingerprint density at radius 2 is 1.81 bits per heavy atom. The molecule has 0 unspecified atom stereocenters. The SMILES string of the molecule is NC(=NC1CCCCC1)NC1CC(F)(F)C1. The number of aliphatic imine (C=N–C) groups is 1. The molecule has 0 aromatic heterocycles. The fourth-order valence-electron chi connectivity index (χ4n) is 2.42. The predicted molar refractivity (Wildman–Crippen MR) is 59.6 cm³/mol. The first kappa shape index (κ1) is 11.6. The van der Waals surface area contributed by atoms with E-state index in [4.69, 9.17) is 5.73 Å². The molecular formula is C11H19F2N3. The second-order valence-electron chi connectivity index (χ2n) is 4.91. The average molecular weight is 231 g/mol. The van der Waals surface area contributed by atoms with Gasteiger partial charge in [-0.05, 0) is 12.8 Å². The van der Waals surface area contributed by atoms with Crippen LogP contribution in [0.15, 0.2) is 4.99 Å². The van der Waals surface area contributed by atoms with E-state index in [1.54, 1.807) is 0 Å². The summed E-state index contributed by atoms with van der Waals surface area (Å²) in [7, 11) is 0. The van der Waals surface area contributed by atoms with Crippen LogP contribution in [-0.2, 0) is 0 Å². The highest BCUT2D eigenvalue weighted by Gasteiger charge is 2.45. The maximum Gasteiger partial charge on any atom is 0.252 e. The van der Waals surface area contributed by atoms with Crippen molar-refractivity contribution in [3.63, 3.8) is 0 Å². The highest BCUT2D eigenvalue weighted by atomic mass is 19.3. The molecule has 2 fully saturated rings. The fourth-order valence-corrected chi connectivity index (χ4v) is 2.42. The first-order valence-electron chi connectivity index (χ1n) is 6.03. The van der Waals surface area contributed by atoms with Crippen LogP contribution >= 0.6 is 0 Å². The van der Waals surface area contributed by atoms with Gasteiger partial charge in [-0.1, -0.05) is 19.3 Å². The summed E-state index contributed by atoms with van der Waals surface area (Å²) < 4.78 is 25.2. The molecule has 0 bridgehead atoms. The first-order valence-corrected chi connectivity index (χ1v) is 6.03. The van der Waals surface area contributed by atoms with Crippen molar-refractivity contribution in [2.45, 2.75) is 63.0 Å². The van der Waals surface area contributed by atoms with Crippen molar-refractivity contribution in [2.24, 2.45) is 10.7 Å². The number of rotatable bonds is 2. The lowest BCUT2D eigenvalue weighted by Crippen LogP contribution is -2.52. The van der Waals surface area contributed by atoms with Gasteiger partial charge in [-0.25, -0.2) is 8.78 Å². The fraction of sp³-hybridized carbons (Fsp3) is 0.909. The van der Waals surface area contributed by atoms with Crippen molar-refractivity contribution in [2.75, 3.05) is 0 Å². The summed E-state index contributed by atoms with van der Waals surface area (Å²) in [4.78, 5) is 4.34. The molecule has 3 nitrogen and oxygen atoms in total. The number of hydrogen-bond donors (Lipinski definition) is 2. The Bertz CT molecular complexity index is 264. The third kappa shape index (κ3) is 3.06. The maximum absolute atomic E-state index is 12.6. The van der Waals surface area contributed by atoms with Gasteiger partial charge in [-0.3, -0.25) is 4.99 Å². The van der Waals surface area contributed by atoms with Gasteiger partial charge in [0.05, 0.1) is 6.04 Å². The lowest BCUT2D eigenvalue weighted by Gasteiger charge is -2.35. The van der Waals surface area contributed by atoms with Crippen molar-refractivity contribution < 1.29 is 8.78 Å². The summed E-state index contributed by atoms with van der Waals surface area (Å²) in [6, 6.07) is 0.101. The number of alkyl halides is 2. The third-order valence-corrected chi connectivity index (χ3v) is 3.34. The van der Waals surface area contributed by atoms with E-state index in [9.17, 15) is 8.78 Å². The second kappa shape index (κ2) is 4.55. The number of nitrogens with zero attached hydrogens (tertiary/aromatic N) is 1. The molecular weight excluding hydrogens is 212 g/mol. The van der Waals surface area contributed by atoms with Crippen LogP contribution in [0, 0.1) is 0 Å². The number of hydrogen-bond acceptors (Lipinski definition) is 1. The summed E-state index contributed by atoms with van der Waals surface area (Å²) in [5.41, 5.74) is 5.70. The molecule has 2 rings (SSSR count). The Hall–Kier alpha value is -0.870. The van der Waals surface area contributed by atoms with Crippen molar-refractivity contribution in [3.8, 4) is 0 Å². The van der Waals surface area contributed by atoms with E-state index in [0.29, 0.717) is 12.0 Å². The van der Waals surface area contributed by atoms with Gasteiger partial charge < -0.3 is 11.1 Å². The second-order valence-corrected chi connectivity index (χ2v) is 4.91. The Kier molecular flexibility index (Phi) is 3.30. The normalized spacial score (nSPS) is 27.5. The third-order valence-electron chi connectivity index (χ3n) is 3.34. The van der Waals surface area contributed by atoms with Crippen LogP contribution < -0.4 is 11.1 Å². The maximum atomic E-state index is 12.6. The lowest BCUT2D eigenvalue weighted by atomic mass is 9.88. The standard InChI is InChI=1S/C11H19F2N3/c12-11(13)6-9(7-11)16-10(14)15-8-4-2-1-3-5-8/h8-9H,1-7H2,(H3,14,15,16). The lowest BCUT2D eigenvalue weighted by molar-refractivity contribution is -0.0886. The molecule has 5 heteroatoms. The summed E-state index contributed by atoms with van der Waals surface area (Å²) >= 11 is 0. The molecule has 0 aliphatic heterocycles. The van der Waals surface area contributed by atoms with Gasteiger partial charge in [0.25, 0.3) is 5.92 Å². The van der Waals surface area contributed by atoms with E-state index in [1.165, 1.54) is 19.3 Å². The highest BCUT2D eigenvalue weighted by molar-refractivity contribution is 5.78. The van der Waals surface area contributed by atoms with Gasteiger partial charge in [0.1, 0.15) is 0 Å². The number of halogens is 2. The molecule has 2 aliphatic carbocycles. The smallest absolute Gasteiger partial charge is 0.252 e. The molecule has 0 amide bonds. The molecule has 2 aliphatic rings. The van der Waals surface area contributed by atoms with E-state index in [2.05, 4.69) is 10.3 Å². The van der Waals surface area contributed by atoms with Gasteiger partial charge in [0.2, 0.25) is 0 Å². The molecule has 0 spiro atoms. The van der Waals surface area contributed by atoms with Crippen LogP contribution in [0.1, 0.15) is 44.9 Å². The van der Waals surface area contributed by atoms with Gasteiger partial charge in [0.15, 0.2) is 5.96 Å². The quantitative estimate of drug-likeness (QED) is 0.564. The van der Waals surface area contributed by atoms with Crippen molar-refractivity contribution in [1.29, 1.82) is 0 Å². The minimum absolute atomic E-state index is 0.117. The van der Waals surface area contributed by atoms with Gasteiger partial charge in [-0.15, -0.1) is 0 Å². The zero-order valence-electron chi connectivity index (χ0n) is 9.38. The van der Waals surface area contributed by atoms with Crippen molar-refractivity contribution in [1.82, 2.24) is 5.32 Å². The van der Waals surface area contributed by atoms with E-state index >= 15 is 0 Å². The molecule has 0 atom stereocenters. The summed E-state index contributed by atoms with van der Waals surface area (Å²) in [6.45, 7) is 0. The average Bonchev–Trinajstić information content (AvgIpc) is 2.16. The number of nitrogens with two attached hydrogens (primary N) is 1. The topological polar surface area (TPSA) is 50.4 Å². The molecule has 16 heavy (non-hydrogen) atoms. The van der Waals surface area contributed by atoms with Gasteiger partial charge >= 0.3 is 0 Å². The molecule has 0 radical (unpaired) electrons. The first-order chi connectivity index (χ1) is 7.55. The molecule has 0 heterocycles. The molecule has 0 saturated heterocycles. The van der Waals surface area contributed by atoms with Crippen LogP contribution in [0.2, 0.25) is 0 Å². The Balaban J connectivity index is 1.74. The molecule has 2 saturated carbocycles. The molecule has 0 aromatic rings. The van der Waals surface area contributed by atoms with Gasteiger partial charge in [-0.2, -0.15) is 0 Å². The summed E-state index contributed by atoms with van der Waals surface area (Å²) in [5.74, 6) is -2.16. The minimum atomic E-state index is -2.50. The van der Waals surface area contributed by atoms with E-state index in [1.807, 2.05) is 0 Å². The van der Waals surface area contributed by atoms with Crippen LogP contribution in [0.3, 0.4) is 0 Å². The van der Waals surface area contributed by atoms with Crippen molar-refractivity contribution >= 4 is 5.96 Å². The molecule has 92 valence electrons. The van der Waals surface area contributed by atoms with Crippen molar-refractivity contribution in [3.05, 3.63) is 0 Å². The minimum Gasteiger partial charge on any atom is -0.370 e. The summed E-state index contributed by atoms with van der Waals surface area (Å²) in [6.07, 6.45) is 5.58. The van der Waals surface area contributed by atoms with Crippen LogP contribution in [0.4, 0.5) is 8.78 Å². The van der Waals surface area contributed by atoms with Crippen LogP contribution in [0.5, 0.6) is 0 Å². The Labute approximate surface area is 94.5 Å². The zero-order chi connectivity index (χ0) is 11.6. The van der Waals surface area contributed by atoms with Crippen LogP contribution in [-0.4, -0.2) is 24.0 Å². The predicted octanol–water partition coefficient (Wildman–Crippen LogP) is 2.02. The van der Waals surface area contributed by atoms with E-state index in [-0.39, 0.29) is 18.9 Å². The Morgan fingerprint density at radius 3 is 2.38 bits per heavy atom. The number of guanidine groups is 1. The van der Waals surface area contributed by atoms with Gasteiger partial charge in [0, 0.05) is 18.9 Å². The van der Waals surface area contributed by atoms with E-state index < -0.39 is 5.92 Å². The molecule has 0 aromatic carbocycles. The monoisotopic (exact) mass is 231 g/mol. The van der Waals surface area contributed by atoms with Crippen LogP contribution in [0.25, 0.3) is 0 Å². The van der Waals surface area contributed by atoms with E-state index in [0.717, 1.165) is 12.8 Å². The molecule has 3 N–H and O–H groups in total. The Morgan fingerprint density at radius 1 is 1.19 bits per heavy atom. The summed E-state index contributed by atoms with van der Waals surface area (Å²) in [5, 5.41) is 2.87. The largest absolute Gasteiger partial charge is 0.370 e.